The highest BCUT2D eigenvalue weighted by molar-refractivity contribution is 5.84. The highest BCUT2D eigenvalue weighted by Gasteiger charge is 2.21. The molecule has 0 unspecified atom stereocenters. The third-order valence-electron chi connectivity index (χ3n) is 6.83. The molecule has 0 aromatic heterocycles. The van der Waals surface area contributed by atoms with Crippen molar-refractivity contribution in [2.45, 2.75) is 71.4 Å². The van der Waals surface area contributed by atoms with Crippen LogP contribution < -0.4 is 4.74 Å². The first-order valence-electron chi connectivity index (χ1n) is 11.1. The molecular formula is C25H35NO. The molecule has 0 bridgehead atoms. The van der Waals surface area contributed by atoms with Crippen LogP contribution in [0.15, 0.2) is 36.4 Å². The van der Waals surface area contributed by atoms with E-state index in [2.05, 4.69) is 55.1 Å². The average Bonchev–Trinajstić information content (AvgIpc) is 2.70. The quantitative estimate of drug-likeness (QED) is 0.606. The number of benzene rings is 2. The minimum Gasteiger partial charge on any atom is -0.490 e. The molecule has 146 valence electrons. The van der Waals surface area contributed by atoms with Gasteiger partial charge < -0.3 is 4.74 Å². The first-order chi connectivity index (χ1) is 13.2. The summed E-state index contributed by atoms with van der Waals surface area (Å²) >= 11 is 0. The van der Waals surface area contributed by atoms with Crippen LogP contribution in [-0.4, -0.2) is 24.1 Å². The Balaban J connectivity index is 1.38. The van der Waals surface area contributed by atoms with Gasteiger partial charge in [0, 0.05) is 6.54 Å². The Morgan fingerprint density at radius 3 is 2.33 bits per heavy atom. The zero-order valence-electron chi connectivity index (χ0n) is 17.1. The monoisotopic (exact) mass is 365 g/mol. The maximum absolute atomic E-state index is 6.31. The largest absolute Gasteiger partial charge is 0.490 e. The van der Waals surface area contributed by atoms with E-state index in [4.69, 9.17) is 4.74 Å². The van der Waals surface area contributed by atoms with Crippen LogP contribution in [0.3, 0.4) is 0 Å². The van der Waals surface area contributed by atoms with Crippen molar-refractivity contribution in [2.24, 2.45) is 11.8 Å². The van der Waals surface area contributed by atoms with Gasteiger partial charge in [-0.05, 0) is 98.0 Å². The summed E-state index contributed by atoms with van der Waals surface area (Å²) in [5.74, 6) is 2.86. The number of hydrogen-bond acceptors (Lipinski definition) is 2. The molecule has 2 heteroatoms. The van der Waals surface area contributed by atoms with Gasteiger partial charge in [-0.3, -0.25) is 4.90 Å². The second kappa shape index (κ2) is 8.65. The number of nitrogens with zero attached hydrogens (tertiary/aromatic N) is 1. The Morgan fingerprint density at radius 2 is 1.59 bits per heavy atom. The predicted octanol–water partition coefficient (Wildman–Crippen LogP) is 6.42. The van der Waals surface area contributed by atoms with Crippen molar-refractivity contribution >= 4 is 10.8 Å². The van der Waals surface area contributed by atoms with Crippen LogP contribution in [0, 0.1) is 11.8 Å². The van der Waals surface area contributed by atoms with Crippen molar-refractivity contribution in [3.05, 3.63) is 42.0 Å². The SMILES string of the molecule is CCC1CCC(Oc2ccc3cc(CN4CCC(C)CC4)ccc3c2)CC1. The van der Waals surface area contributed by atoms with Gasteiger partial charge in [-0.25, -0.2) is 0 Å². The third-order valence-corrected chi connectivity index (χ3v) is 6.83. The Kier molecular flexibility index (Phi) is 6.02. The minimum absolute atomic E-state index is 0.408. The number of rotatable bonds is 5. The number of fused-ring (bicyclic) bond motifs is 1. The fraction of sp³-hybridized carbons (Fsp3) is 0.600. The summed E-state index contributed by atoms with van der Waals surface area (Å²) in [6.07, 6.45) is 9.49. The zero-order chi connectivity index (χ0) is 18.6. The van der Waals surface area contributed by atoms with Gasteiger partial charge >= 0.3 is 0 Å². The second-order valence-electron chi connectivity index (χ2n) is 8.97. The molecule has 2 aliphatic rings. The van der Waals surface area contributed by atoms with Gasteiger partial charge in [-0.1, -0.05) is 38.5 Å². The van der Waals surface area contributed by atoms with E-state index in [1.54, 1.807) is 0 Å². The Labute approximate surface area is 164 Å². The molecule has 2 nitrogen and oxygen atoms in total. The zero-order valence-corrected chi connectivity index (χ0v) is 17.1. The molecule has 1 saturated carbocycles. The average molecular weight is 366 g/mol. The fourth-order valence-electron chi connectivity index (χ4n) is 4.77. The summed E-state index contributed by atoms with van der Waals surface area (Å²) in [6.45, 7) is 8.26. The summed E-state index contributed by atoms with van der Waals surface area (Å²) in [4.78, 5) is 2.60. The first-order valence-corrected chi connectivity index (χ1v) is 11.1. The molecule has 0 N–H and O–H groups in total. The lowest BCUT2D eigenvalue weighted by molar-refractivity contribution is 0.130. The molecule has 1 heterocycles. The van der Waals surface area contributed by atoms with E-state index in [1.807, 2.05) is 0 Å². The normalized spacial score (nSPS) is 25.0. The molecule has 2 aromatic rings. The van der Waals surface area contributed by atoms with Crippen molar-refractivity contribution < 1.29 is 4.74 Å². The molecule has 0 amide bonds. The van der Waals surface area contributed by atoms with Crippen molar-refractivity contribution in [1.29, 1.82) is 0 Å². The van der Waals surface area contributed by atoms with Gasteiger partial charge in [-0.2, -0.15) is 0 Å². The van der Waals surface area contributed by atoms with E-state index in [9.17, 15) is 0 Å². The maximum Gasteiger partial charge on any atom is 0.120 e. The third kappa shape index (κ3) is 4.85. The molecule has 0 spiro atoms. The highest BCUT2D eigenvalue weighted by atomic mass is 16.5. The molecule has 2 aromatic carbocycles. The molecule has 2 fully saturated rings. The molecule has 27 heavy (non-hydrogen) atoms. The number of hydrogen-bond donors (Lipinski definition) is 0. The highest BCUT2D eigenvalue weighted by Crippen LogP contribution is 2.31. The van der Waals surface area contributed by atoms with Crippen LogP contribution in [0.2, 0.25) is 0 Å². The standard InChI is InChI=1S/C25H35NO/c1-3-20-5-9-24(10-6-20)27-25-11-8-22-16-21(4-7-23(22)17-25)18-26-14-12-19(2)13-15-26/h4,7-8,11,16-17,19-20,24H,3,5-6,9-10,12-15,18H2,1-2H3. The maximum atomic E-state index is 6.31. The van der Waals surface area contributed by atoms with Crippen LogP contribution in [0.1, 0.15) is 64.4 Å². The lowest BCUT2D eigenvalue weighted by atomic mass is 9.86. The molecule has 1 aliphatic heterocycles. The van der Waals surface area contributed by atoms with Crippen molar-refractivity contribution in [3.63, 3.8) is 0 Å². The van der Waals surface area contributed by atoms with E-state index >= 15 is 0 Å². The van der Waals surface area contributed by atoms with Crippen molar-refractivity contribution in [3.8, 4) is 5.75 Å². The van der Waals surface area contributed by atoms with Gasteiger partial charge in [0.1, 0.15) is 5.75 Å². The summed E-state index contributed by atoms with van der Waals surface area (Å²) in [7, 11) is 0. The Hall–Kier alpha value is -1.54. The van der Waals surface area contributed by atoms with Crippen molar-refractivity contribution in [1.82, 2.24) is 4.90 Å². The molecule has 1 aliphatic carbocycles. The summed E-state index contributed by atoms with van der Waals surface area (Å²) in [5.41, 5.74) is 1.43. The molecule has 0 atom stereocenters. The Bertz CT molecular complexity index is 739. The summed E-state index contributed by atoms with van der Waals surface area (Å²) in [6, 6.07) is 13.6. The van der Waals surface area contributed by atoms with Crippen LogP contribution in [0.5, 0.6) is 5.75 Å². The van der Waals surface area contributed by atoms with Crippen LogP contribution in [-0.2, 0) is 6.54 Å². The van der Waals surface area contributed by atoms with Gasteiger partial charge in [0.05, 0.1) is 6.10 Å². The van der Waals surface area contributed by atoms with E-state index in [0.717, 1.165) is 24.1 Å². The van der Waals surface area contributed by atoms with Crippen LogP contribution >= 0.6 is 0 Å². The summed E-state index contributed by atoms with van der Waals surface area (Å²) in [5, 5.41) is 2.63. The number of ether oxygens (including phenoxy) is 1. The van der Waals surface area contributed by atoms with E-state index in [1.165, 1.54) is 74.4 Å². The number of likely N-dealkylation sites (tertiary alicyclic amines) is 1. The van der Waals surface area contributed by atoms with Crippen LogP contribution in [0.4, 0.5) is 0 Å². The van der Waals surface area contributed by atoms with Gasteiger partial charge in [-0.15, -0.1) is 0 Å². The molecular weight excluding hydrogens is 330 g/mol. The minimum atomic E-state index is 0.408. The van der Waals surface area contributed by atoms with Gasteiger partial charge in [0.15, 0.2) is 0 Å². The smallest absolute Gasteiger partial charge is 0.120 e. The molecule has 1 saturated heterocycles. The number of piperidine rings is 1. The fourth-order valence-corrected chi connectivity index (χ4v) is 4.77. The lowest BCUT2D eigenvalue weighted by Crippen LogP contribution is -2.32. The van der Waals surface area contributed by atoms with Crippen LogP contribution in [0.25, 0.3) is 10.8 Å². The molecule has 4 rings (SSSR count). The van der Waals surface area contributed by atoms with E-state index < -0.39 is 0 Å². The van der Waals surface area contributed by atoms with Crippen molar-refractivity contribution in [2.75, 3.05) is 13.1 Å². The second-order valence-corrected chi connectivity index (χ2v) is 8.97. The summed E-state index contributed by atoms with van der Waals surface area (Å²) < 4.78 is 6.31. The van der Waals surface area contributed by atoms with E-state index in [-0.39, 0.29) is 0 Å². The first kappa shape index (κ1) is 18.8. The predicted molar refractivity (Wildman–Crippen MR) is 114 cm³/mol. The van der Waals surface area contributed by atoms with Gasteiger partial charge in [0.25, 0.3) is 0 Å². The van der Waals surface area contributed by atoms with Gasteiger partial charge in [0.2, 0.25) is 0 Å². The topological polar surface area (TPSA) is 12.5 Å². The Morgan fingerprint density at radius 1 is 0.889 bits per heavy atom. The van der Waals surface area contributed by atoms with E-state index in [0.29, 0.717) is 6.10 Å². The lowest BCUT2D eigenvalue weighted by Gasteiger charge is -2.30. The molecule has 0 radical (unpaired) electrons.